The number of benzene rings is 1. The minimum atomic E-state index is -4.78. The summed E-state index contributed by atoms with van der Waals surface area (Å²) in [6.07, 6.45) is -4.78. The number of ether oxygens (including phenoxy) is 1. The number of halogens is 3. The second-order valence-electron chi connectivity index (χ2n) is 3.48. The molecule has 2 rings (SSSR count). The van der Waals surface area contributed by atoms with Crippen molar-refractivity contribution >= 4 is 11.5 Å². The van der Waals surface area contributed by atoms with E-state index in [1.165, 1.54) is 36.4 Å². The molecule has 19 heavy (non-hydrogen) atoms. The molecular formula is C11H8F3N3O2. The monoisotopic (exact) mass is 271 g/mol. The molecule has 100 valence electrons. The number of nitrogens with one attached hydrogen (secondary N) is 2. The van der Waals surface area contributed by atoms with Crippen molar-refractivity contribution in [1.82, 2.24) is 10.2 Å². The zero-order chi connectivity index (χ0) is 13.9. The highest BCUT2D eigenvalue weighted by molar-refractivity contribution is 5.63. The SMILES string of the molecule is O=c1ccc(Nc2ccccc2OC(F)(F)F)n[nH]1. The number of nitrogens with zero attached hydrogens (tertiary/aromatic N) is 1. The maximum absolute atomic E-state index is 12.2. The van der Waals surface area contributed by atoms with E-state index >= 15 is 0 Å². The molecule has 0 fully saturated rings. The maximum atomic E-state index is 12.2. The summed E-state index contributed by atoms with van der Waals surface area (Å²) >= 11 is 0. The van der Waals surface area contributed by atoms with Gasteiger partial charge in [0.2, 0.25) is 0 Å². The van der Waals surface area contributed by atoms with E-state index in [0.717, 1.165) is 0 Å². The van der Waals surface area contributed by atoms with Gasteiger partial charge >= 0.3 is 6.36 Å². The Hall–Kier alpha value is -2.51. The summed E-state index contributed by atoms with van der Waals surface area (Å²) in [5.41, 5.74) is -0.329. The molecule has 0 amide bonds. The normalized spacial score (nSPS) is 11.1. The number of aromatic amines is 1. The molecule has 0 saturated heterocycles. The number of H-pyrrole nitrogens is 1. The Morgan fingerprint density at radius 3 is 2.53 bits per heavy atom. The zero-order valence-corrected chi connectivity index (χ0v) is 9.36. The Kier molecular flexibility index (Phi) is 3.41. The summed E-state index contributed by atoms with van der Waals surface area (Å²) in [7, 11) is 0. The predicted molar refractivity (Wildman–Crippen MR) is 61.3 cm³/mol. The third-order valence-corrected chi connectivity index (χ3v) is 2.05. The third-order valence-electron chi connectivity index (χ3n) is 2.05. The quantitative estimate of drug-likeness (QED) is 0.899. The van der Waals surface area contributed by atoms with Crippen molar-refractivity contribution in [2.24, 2.45) is 0 Å². The molecule has 1 heterocycles. The molecule has 0 saturated carbocycles. The molecule has 0 aliphatic carbocycles. The van der Waals surface area contributed by atoms with Crippen molar-refractivity contribution < 1.29 is 17.9 Å². The van der Waals surface area contributed by atoms with Crippen LogP contribution in [0, 0.1) is 0 Å². The van der Waals surface area contributed by atoms with Crippen molar-refractivity contribution in [3.05, 3.63) is 46.8 Å². The molecule has 8 heteroatoms. The molecule has 5 nitrogen and oxygen atoms in total. The molecular weight excluding hydrogens is 263 g/mol. The first-order valence-corrected chi connectivity index (χ1v) is 5.11. The first-order valence-electron chi connectivity index (χ1n) is 5.11. The predicted octanol–water partition coefficient (Wildman–Crippen LogP) is 2.41. The number of rotatable bonds is 3. The molecule has 1 aromatic heterocycles. The van der Waals surface area contributed by atoms with E-state index in [2.05, 4.69) is 20.3 Å². The molecule has 0 aliphatic heterocycles. The van der Waals surface area contributed by atoms with E-state index in [1.807, 2.05) is 0 Å². The smallest absolute Gasteiger partial charge is 0.404 e. The first-order chi connectivity index (χ1) is 8.94. The highest BCUT2D eigenvalue weighted by atomic mass is 19.4. The lowest BCUT2D eigenvalue weighted by Gasteiger charge is -2.13. The topological polar surface area (TPSA) is 67.0 Å². The Morgan fingerprint density at radius 2 is 1.89 bits per heavy atom. The van der Waals surface area contributed by atoms with E-state index in [0.29, 0.717) is 0 Å². The van der Waals surface area contributed by atoms with Crippen molar-refractivity contribution in [1.29, 1.82) is 0 Å². The number of alkyl halides is 3. The molecule has 2 aromatic rings. The second-order valence-corrected chi connectivity index (χ2v) is 3.48. The molecule has 0 bridgehead atoms. The van der Waals surface area contributed by atoms with Gasteiger partial charge in [-0.05, 0) is 18.2 Å². The summed E-state index contributed by atoms with van der Waals surface area (Å²) in [5.74, 6) is -0.194. The lowest BCUT2D eigenvalue weighted by molar-refractivity contribution is -0.274. The standard InChI is InChI=1S/C11H8F3N3O2/c12-11(13,14)19-8-4-2-1-3-7(8)15-9-5-6-10(18)17-16-9/h1-6H,(H,15,16)(H,17,18). The number of hydrogen-bond acceptors (Lipinski definition) is 4. The van der Waals surface area contributed by atoms with Gasteiger partial charge in [0.1, 0.15) is 0 Å². The lowest BCUT2D eigenvalue weighted by Crippen LogP contribution is -2.18. The van der Waals surface area contributed by atoms with Crippen LogP contribution >= 0.6 is 0 Å². The van der Waals surface area contributed by atoms with Crippen LogP contribution in [-0.4, -0.2) is 16.6 Å². The van der Waals surface area contributed by atoms with Crippen LogP contribution in [0.25, 0.3) is 0 Å². The summed E-state index contributed by atoms with van der Waals surface area (Å²) in [6, 6.07) is 8.05. The van der Waals surface area contributed by atoms with Crippen molar-refractivity contribution in [3.8, 4) is 5.75 Å². The van der Waals surface area contributed by atoms with E-state index in [-0.39, 0.29) is 17.3 Å². The average Bonchev–Trinajstić information content (AvgIpc) is 2.33. The summed E-state index contributed by atoms with van der Waals surface area (Å²) < 4.78 is 40.5. The lowest BCUT2D eigenvalue weighted by atomic mass is 10.3. The van der Waals surface area contributed by atoms with Gasteiger partial charge in [0.05, 0.1) is 5.69 Å². The van der Waals surface area contributed by atoms with Gasteiger partial charge in [0.25, 0.3) is 5.56 Å². The van der Waals surface area contributed by atoms with Crippen LogP contribution in [-0.2, 0) is 0 Å². The number of hydrogen-bond donors (Lipinski definition) is 2. The highest BCUT2D eigenvalue weighted by Crippen LogP contribution is 2.31. The van der Waals surface area contributed by atoms with Crippen LogP contribution in [0.1, 0.15) is 0 Å². The third kappa shape index (κ3) is 3.73. The number of anilines is 2. The molecule has 0 aliphatic rings. The van der Waals surface area contributed by atoms with Crippen LogP contribution in [0.2, 0.25) is 0 Å². The van der Waals surface area contributed by atoms with Gasteiger partial charge in [-0.2, -0.15) is 5.10 Å². The van der Waals surface area contributed by atoms with Crippen LogP contribution in [0.3, 0.4) is 0 Å². The number of aromatic nitrogens is 2. The Labute approximate surface area is 105 Å². The minimum Gasteiger partial charge on any atom is -0.404 e. The second kappa shape index (κ2) is 5.01. The Morgan fingerprint density at radius 1 is 1.16 bits per heavy atom. The van der Waals surface area contributed by atoms with Gasteiger partial charge < -0.3 is 10.1 Å². The van der Waals surface area contributed by atoms with E-state index in [4.69, 9.17) is 0 Å². The van der Waals surface area contributed by atoms with Crippen LogP contribution < -0.4 is 15.6 Å². The van der Waals surface area contributed by atoms with Crippen LogP contribution in [0.4, 0.5) is 24.7 Å². The molecule has 2 N–H and O–H groups in total. The fourth-order valence-electron chi connectivity index (χ4n) is 1.34. The van der Waals surface area contributed by atoms with Gasteiger partial charge in [-0.1, -0.05) is 12.1 Å². The summed E-state index contributed by atoms with van der Waals surface area (Å²) in [4.78, 5) is 10.8. The number of para-hydroxylation sites is 2. The Balaban J connectivity index is 2.25. The fourth-order valence-corrected chi connectivity index (χ4v) is 1.34. The van der Waals surface area contributed by atoms with Gasteiger partial charge in [-0.3, -0.25) is 4.79 Å². The Bertz CT molecular complexity index is 605. The molecule has 0 atom stereocenters. The van der Waals surface area contributed by atoms with Gasteiger partial charge in [0.15, 0.2) is 11.6 Å². The molecule has 0 radical (unpaired) electrons. The van der Waals surface area contributed by atoms with Crippen LogP contribution in [0.15, 0.2) is 41.2 Å². The first kappa shape index (κ1) is 12.9. The van der Waals surface area contributed by atoms with Gasteiger partial charge in [0, 0.05) is 6.07 Å². The van der Waals surface area contributed by atoms with Gasteiger partial charge in [-0.25, -0.2) is 5.10 Å². The van der Waals surface area contributed by atoms with Crippen molar-refractivity contribution in [2.75, 3.05) is 5.32 Å². The molecule has 1 aromatic carbocycles. The minimum absolute atomic E-state index is 0.0828. The maximum Gasteiger partial charge on any atom is 0.573 e. The molecule has 0 unspecified atom stereocenters. The fraction of sp³-hybridized carbons (Fsp3) is 0.0909. The average molecular weight is 271 g/mol. The van der Waals surface area contributed by atoms with E-state index in [1.54, 1.807) is 0 Å². The largest absolute Gasteiger partial charge is 0.573 e. The summed E-state index contributed by atoms with van der Waals surface area (Å²) in [5, 5.41) is 8.40. The van der Waals surface area contributed by atoms with Crippen LogP contribution in [0.5, 0.6) is 5.75 Å². The van der Waals surface area contributed by atoms with Crippen molar-refractivity contribution in [3.63, 3.8) is 0 Å². The highest BCUT2D eigenvalue weighted by Gasteiger charge is 2.32. The van der Waals surface area contributed by atoms with E-state index in [9.17, 15) is 18.0 Å². The van der Waals surface area contributed by atoms with Crippen molar-refractivity contribution in [2.45, 2.75) is 6.36 Å². The zero-order valence-electron chi connectivity index (χ0n) is 9.36. The summed E-state index contributed by atoms with van der Waals surface area (Å²) in [6.45, 7) is 0. The molecule has 0 spiro atoms. The van der Waals surface area contributed by atoms with Gasteiger partial charge in [-0.15, -0.1) is 13.2 Å². The van der Waals surface area contributed by atoms with E-state index < -0.39 is 11.9 Å².